The monoisotopic (exact) mass is 250 g/mol. The van der Waals surface area contributed by atoms with Crippen LogP contribution in [0.15, 0.2) is 12.1 Å². The van der Waals surface area contributed by atoms with Gasteiger partial charge in [0.25, 0.3) is 0 Å². The third kappa shape index (κ3) is 2.30. The minimum atomic E-state index is -1.44. The van der Waals surface area contributed by atoms with Crippen LogP contribution in [0.2, 0.25) is 0 Å². The van der Waals surface area contributed by atoms with Crippen molar-refractivity contribution in [3.8, 4) is 11.5 Å². The summed E-state index contributed by atoms with van der Waals surface area (Å²) in [5.74, 6) is -1.07. The second-order valence-corrected chi connectivity index (χ2v) is 4.31. The van der Waals surface area contributed by atoms with Gasteiger partial charge < -0.3 is 14.6 Å². The number of hydrogen-bond donors (Lipinski definition) is 1. The van der Waals surface area contributed by atoms with Crippen molar-refractivity contribution in [1.29, 1.82) is 0 Å². The van der Waals surface area contributed by atoms with Crippen LogP contribution in [0, 0.1) is 0 Å². The van der Waals surface area contributed by atoms with Gasteiger partial charge in [0.1, 0.15) is 17.6 Å². The van der Waals surface area contributed by atoms with Crippen molar-refractivity contribution >= 4 is 11.8 Å². The van der Waals surface area contributed by atoms with Crippen molar-refractivity contribution in [2.45, 2.75) is 25.9 Å². The van der Waals surface area contributed by atoms with Crippen molar-refractivity contribution in [2.75, 3.05) is 7.11 Å². The maximum atomic E-state index is 11.2. The standard InChI is InChI=1S/C13H14O5/c1-7-3-8-5-11(17-2)9(6-12(8)18-7)4-10(14)13(15)16/h5-7H,3-4H2,1-2H3,(H,15,16). The van der Waals surface area contributed by atoms with E-state index in [-0.39, 0.29) is 12.5 Å². The molecule has 0 saturated heterocycles. The molecule has 1 aliphatic heterocycles. The molecule has 18 heavy (non-hydrogen) atoms. The Morgan fingerprint density at radius 1 is 1.50 bits per heavy atom. The quantitative estimate of drug-likeness (QED) is 0.813. The van der Waals surface area contributed by atoms with Gasteiger partial charge in [0, 0.05) is 24.0 Å². The lowest BCUT2D eigenvalue weighted by atomic mass is 10.0. The minimum Gasteiger partial charge on any atom is -0.496 e. The molecule has 1 aliphatic rings. The first-order valence-electron chi connectivity index (χ1n) is 5.64. The van der Waals surface area contributed by atoms with E-state index in [1.165, 1.54) is 7.11 Å². The normalized spacial score (nSPS) is 16.9. The number of ether oxygens (including phenoxy) is 2. The summed E-state index contributed by atoms with van der Waals surface area (Å²) < 4.78 is 10.8. The van der Waals surface area contributed by atoms with E-state index in [9.17, 15) is 9.59 Å². The highest BCUT2D eigenvalue weighted by Gasteiger charge is 2.23. The van der Waals surface area contributed by atoms with Crippen molar-refractivity contribution in [1.82, 2.24) is 0 Å². The summed E-state index contributed by atoms with van der Waals surface area (Å²) in [7, 11) is 1.50. The highest BCUT2D eigenvalue weighted by atomic mass is 16.5. The molecule has 0 fully saturated rings. The summed E-state index contributed by atoms with van der Waals surface area (Å²) in [6.45, 7) is 1.95. The van der Waals surface area contributed by atoms with Crippen molar-refractivity contribution in [2.24, 2.45) is 0 Å². The molecule has 1 atom stereocenters. The van der Waals surface area contributed by atoms with Crippen LogP contribution in [0.5, 0.6) is 11.5 Å². The molecular formula is C13H14O5. The first kappa shape index (κ1) is 12.4. The van der Waals surface area contributed by atoms with E-state index in [4.69, 9.17) is 14.6 Å². The van der Waals surface area contributed by atoms with Gasteiger partial charge >= 0.3 is 5.97 Å². The third-order valence-electron chi connectivity index (χ3n) is 2.89. The van der Waals surface area contributed by atoms with E-state index in [2.05, 4.69) is 0 Å². The largest absolute Gasteiger partial charge is 0.496 e. The molecule has 1 aromatic carbocycles. The number of rotatable bonds is 4. The van der Waals surface area contributed by atoms with Crippen molar-refractivity contribution in [3.05, 3.63) is 23.3 Å². The third-order valence-corrected chi connectivity index (χ3v) is 2.89. The second kappa shape index (κ2) is 4.68. The Bertz CT molecular complexity index is 506. The van der Waals surface area contributed by atoms with Gasteiger partial charge in [-0.1, -0.05) is 0 Å². The molecule has 5 nitrogen and oxygen atoms in total. The lowest BCUT2D eigenvalue weighted by Gasteiger charge is -2.09. The van der Waals surface area contributed by atoms with E-state index >= 15 is 0 Å². The lowest BCUT2D eigenvalue weighted by Crippen LogP contribution is -2.15. The zero-order valence-electron chi connectivity index (χ0n) is 10.2. The van der Waals surface area contributed by atoms with Gasteiger partial charge in [-0.3, -0.25) is 4.79 Å². The van der Waals surface area contributed by atoms with Gasteiger partial charge in [0.2, 0.25) is 5.78 Å². The van der Waals surface area contributed by atoms with Crippen LogP contribution in [0.4, 0.5) is 0 Å². The van der Waals surface area contributed by atoms with Gasteiger partial charge in [-0.25, -0.2) is 4.79 Å². The molecule has 1 heterocycles. The molecule has 2 rings (SSSR count). The fourth-order valence-corrected chi connectivity index (χ4v) is 2.06. The molecule has 0 aliphatic carbocycles. The number of carboxylic acid groups (broad SMARTS) is 1. The Morgan fingerprint density at radius 2 is 2.22 bits per heavy atom. The summed E-state index contributed by atoms with van der Waals surface area (Å²) in [6.07, 6.45) is 0.692. The Hall–Kier alpha value is -2.04. The lowest BCUT2D eigenvalue weighted by molar-refractivity contribution is -0.148. The maximum Gasteiger partial charge on any atom is 0.372 e. The molecule has 0 spiro atoms. The number of hydrogen-bond acceptors (Lipinski definition) is 4. The Kier molecular flexibility index (Phi) is 3.23. The number of carboxylic acids is 1. The number of benzene rings is 1. The summed E-state index contributed by atoms with van der Waals surface area (Å²) in [5, 5.41) is 8.62. The smallest absolute Gasteiger partial charge is 0.372 e. The zero-order chi connectivity index (χ0) is 13.3. The molecule has 0 aromatic heterocycles. The summed E-state index contributed by atoms with van der Waals surface area (Å²) in [6, 6.07) is 3.50. The molecule has 96 valence electrons. The Labute approximate surface area is 104 Å². The highest BCUT2D eigenvalue weighted by molar-refractivity contribution is 6.33. The fraction of sp³-hybridized carbons (Fsp3) is 0.385. The summed E-state index contributed by atoms with van der Waals surface area (Å²) in [5.41, 5.74) is 1.56. The molecule has 1 unspecified atom stereocenters. The zero-order valence-corrected chi connectivity index (χ0v) is 10.2. The average Bonchev–Trinajstić information content (AvgIpc) is 2.66. The van der Waals surface area contributed by atoms with Crippen LogP contribution in [-0.4, -0.2) is 30.1 Å². The molecule has 0 saturated carbocycles. The summed E-state index contributed by atoms with van der Waals surface area (Å²) >= 11 is 0. The number of carbonyl (C=O) groups excluding carboxylic acids is 1. The van der Waals surface area contributed by atoms with Crippen molar-refractivity contribution < 1.29 is 24.2 Å². The van der Waals surface area contributed by atoms with Crippen LogP contribution in [0.1, 0.15) is 18.1 Å². The number of fused-ring (bicyclic) bond motifs is 1. The van der Waals surface area contributed by atoms with E-state index in [1.807, 2.05) is 13.0 Å². The SMILES string of the molecule is COc1cc2c(cc1CC(=O)C(=O)O)OC(C)C2. The van der Waals surface area contributed by atoms with Gasteiger partial charge in [-0.05, 0) is 19.1 Å². The van der Waals surface area contributed by atoms with Crippen LogP contribution in [0.25, 0.3) is 0 Å². The van der Waals surface area contributed by atoms with E-state index in [1.54, 1.807) is 6.07 Å². The Morgan fingerprint density at radius 3 is 2.83 bits per heavy atom. The molecule has 0 bridgehead atoms. The molecule has 1 aromatic rings. The molecule has 5 heteroatoms. The van der Waals surface area contributed by atoms with E-state index in [0.29, 0.717) is 17.1 Å². The van der Waals surface area contributed by atoms with Crippen LogP contribution in [0.3, 0.4) is 0 Å². The van der Waals surface area contributed by atoms with E-state index in [0.717, 1.165) is 12.0 Å². The molecule has 0 amide bonds. The number of aliphatic carboxylic acids is 1. The minimum absolute atomic E-state index is 0.0927. The number of ketones is 1. The first-order chi connectivity index (χ1) is 8.51. The average molecular weight is 250 g/mol. The second-order valence-electron chi connectivity index (χ2n) is 4.31. The van der Waals surface area contributed by atoms with E-state index < -0.39 is 11.8 Å². The van der Waals surface area contributed by atoms with Gasteiger partial charge in [0.05, 0.1) is 7.11 Å². The van der Waals surface area contributed by atoms with Crippen LogP contribution < -0.4 is 9.47 Å². The number of Topliss-reactive ketones (excluding diaryl/α,β-unsaturated/α-hetero) is 1. The predicted molar refractivity (Wildman–Crippen MR) is 63.1 cm³/mol. The molecular weight excluding hydrogens is 236 g/mol. The summed E-state index contributed by atoms with van der Waals surface area (Å²) in [4.78, 5) is 21.8. The first-order valence-corrected chi connectivity index (χ1v) is 5.64. The maximum absolute atomic E-state index is 11.2. The predicted octanol–water partition coefficient (Wildman–Crippen LogP) is 1.21. The number of methoxy groups -OCH3 is 1. The highest BCUT2D eigenvalue weighted by Crippen LogP contribution is 2.35. The molecule has 0 radical (unpaired) electrons. The van der Waals surface area contributed by atoms with Crippen LogP contribution in [-0.2, 0) is 22.4 Å². The molecule has 1 N–H and O–H groups in total. The van der Waals surface area contributed by atoms with Gasteiger partial charge in [-0.2, -0.15) is 0 Å². The Balaban J connectivity index is 2.33. The van der Waals surface area contributed by atoms with Gasteiger partial charge in [-0.15, -0.1) is 0 Å². The van der Waals surface area contributed by atoms with Gasteiger partial charge in [0.15, 0.2) is 0 Å². The topological polar surface area (TPSA) is 72.8 Å². The van der Waals surface area contributed by atoms with Crippen LogP contribution >= 0.6 is 0 Å². The van der Waals surface area contributed by atoms with Crippen molar-refractivity contribution in [3.63, 3.8) is 0 Å². The number of carbonyl (C=O) groups is 2. The fourth-order valence-electron chi connectivity index (χ4n) is 2.06.